The number of rotatable bonds is 6. The minimum atomic E-state index is -0.627. The molecular formula is C19H33N3O2. The van der Waals surface area contributed by atoms with Crippen LogP contribution in [0.3, 0.4) is 0 Å². The second-order valence-corrected chi connectivity index (χ2v) is 8.88. The summed E-state index contributed by atoms with van der Waals surface area (Å²) in [5, 5.41) is 5.88. The lowest BCUT2D eigenvalue weighted by Gasteiger charge is -2.59. The quantitative estimate of drug-likeness (QED) is 0.697. The standard InChI is InChI=1S/C19H33N3O2/c1-4-11(2)16(22-18(20)24)17(23)21-12(3)19-8-13-5-14(9-19)7-15(6-13)10-19/h11-16H,4-10H2,1-3H3,(H,21,23)(H3,20,22,24)/t11-,12+,13?,14?,15?,16+,19?/m0/s1. The molecule has 0 aromatic heterocycles. The first-order chi connectivity index (χ1) is 11.3. The number of carbonyl (C=O) groups excluding carboxylic acids is 2. The van der Waals surface area contributed by atoms with Gasteiger partial charge in [-0.1, -0.05) is 20.3 Å². The number of nitrogens with one attached hydrogen (secondary N) is 2. The first-order valence-electron chi connectivity index (χ1n) is 9.69. The molecule has 4 rings (SSSR count). The monoisotopic (exact) mass is 335 g/mol. The lowest BCUT2D eigenvalue weighted by atomic mass is 9.48. The van der Waals surface area contributed by atoms with Crippen molar-refractivity contribution in [3.8, 4) is 0 Å². The zero-order chi connectivity index (χ0) is 17.5. The fourth-order valence-electron chi connectivity index (χ4n) is 6.02. The van der Waals surface area contributed by atoms with Crippen molar-refractivity contribution < 1.29 is 9.59 Å². The Morgan fingerprint density at radius 1 is 1.04 bits per heavy atom. The summed E-state index contributed by atoms with van der Waals surface area (Å²) in [4.78, 5) is 24.1. The summed E-state index contributed by atoms with van der Waals surface area (Å²) in [6.07, 6.45) is 8.81. The van der Waals surface area contributed by atoms with Gasteiger partial charge in [-0.05, 0) is 74.5 Å². The van der Waals surface area contributed by atoms with Gasteiger partial charge in [0.1, 0.15) is 6.04 Å². The van der Waals surface area contributed by atoms with Crippen molar-refractivity contribution in [3.63, 3.8) is 0 Å². The molecule has 0 spiro atoms. The van der Waals surface area contributed by atoms with Crippen molar-refractivity contribution in [1.82, 2.24) is 10.6 Å². The molecule has 0 aromatic rings. The predicted molar refractivity (Wildman–Crippen MR) is 94.2 cm³/mol. The van der Waals surface area contributed by atoms with Gasteiger partial charge in [-0.2, -0.15) is 0 Å². The maximum atomic E-state index is 12.8. The third kappa shape index (κ3) is 3.27. The summed E-state index contributed by atoms with van der Waals surface area (Å²) in [6, 6.07) is -0.999. The largest absolute Gasteiger partial charge is 0.352 e. The van der Waals surface area contributed by atoms with Gasteiger partial charge in [0.05, 0.1) is 0 Å². The zero-order valence-electron chi connectivity index (χ0n) is 15.3. The first kappa shape index (κ1) is 17.6. The number of hydrogen-bond donors (Lipinski definition) is 3. The van der Waals surface area contributed by atoms with E-state index in [1.54, 1.807) is 0 Å². The molecule has 5 heteroatoms. The lowest BCUT2D eigenvalue weighted by Crippen LogP contribution is -2.59. The molecule has 4 aliphatic carbocycles. The van der Waals surface area contributed by atoms with Crippen LogP contribution in [-0.4, -0.2) is 24.0 Å². The number of carbonyl (C=O) groups is 2. The Morgan fingerprint density at radius 3 is 1.96 bits per heavy atom. The Balaban J connectivity index is 1.68. The highest BCUT2D eigenvalue weighted by atomic mass is 16.2. The Labute approximate surface area is 145 Å². The molecule has 0 unspecified atom stereocenters. The average Bonchev–Trinajstić information content (AvgIpc) is 2.50. The third-order valence-electron chi connectivity index (χ3n) is 7.16. The van der Waals surface area contributed by atoms with Gasteiger partial charge >= 0.3 is 6.03 Å². The summed E-state index contributed by atoms with van der Waals surface area (Å²) >= 11 is 0. The summed E-state index contributed by atoms with van der Waals surface area (Å²) in [7, 11) is 0. The Hall–Kier alpha value is -1.26. The van der Waals surface area contributed by atoms with Crippen LogP contribution >= 0.6 is 0 Å². The van der Waals surface area contributed by atoms with E-state index in [9.17, 15) is 9.59 Å². The third-order valence-corrected chi connectivity index (χ3v) is 7.16. The van der Waals surface area contributed by atoms with E-state index < -0.39 is 12.1 Å². The van der Waals surface area contributed by atoms with Crippen LogP contribution in [0.4, 0.5) is 4.79 Å². The minimum Gasteiger partial charge on any atom is -0.352 e. The number of primary amides is 1. The predicted octanol–water partition coefficient (Wildman–Crippen LogP) is 2.79. The van der Waals surface area contributed by atoms with Crippen molar-refractivity contribution >= 4 is 11.9 Å². The molecule has 4 fully saturated rings. The molecule has 4 saturated carbocycles. The van der Waals surface area contributed by atoms with E-state index in [1.807, 2.05) is 13.8 Å². The zero-order valence-corrected chi connectivity index (χ0v) is 15.3. The van der Waals surface area contributed by atoms with Gasteiger partial charge in [-0.3, -0.25) is 4.79 Å². The van der Waals surface area contributed by atoms with Crippen molar-refractivity contribution in [1.29, 1.82) is 0 Å². The fraction of sp³-hybridized carbons (Fsp3) is 0.895. The van der Waals surface area contributed by atoms with E-state index in [2.05, 4.69) is 17.6 Å². The lowest BCUT2D eigenvalue weighted by molar-refractivity contribution is -0.128. The first-order valence-corrected chi connectivity index (χ1v) is 9.69. The molecule has 0 saturated heterocycles. The summed E-state index contributed by atoms with van der Waals surface area (Å²) in [5.74, 6) is 2.59. The molecule has 0 aliphatic heterocycles. The maximum absolute atomic E-state index is 12.8. The highest BCUT2D eigenvalue weighted by Crippen LogP contribution is 2.61. The smallest absolute Gasteiger partial charge is 0.312 e. The van der Waals surface area contributed by atoms with Gasteiger partial charge < -0.3 is 16.4 Å². The Kier molecular flexibility index (Phi) is 4.80. The molecule has 136 valence electrons. The van der Waals surface area contributed by atoms with Crippen molar-refractivity contribution in [3.05, 3.63) is 0 Å². The average molecular weight is 335 g/mol. The van der Waals surface area contributed by atoms with Crippen LogP contribution in [0.5, 0.6) is 0 Å². The molecular weight excluding hydrogens is 302 g/mol. The number of urea groups is 1. The van der Waals surface area contributed by atoms with Crippen molar-refractivity contribution in [2.24, 2.45) is 34.8 Å². The Morgan fingerprint density at radius 2 is 1.54 bits per heavy atom. The topological polar surface area (TPSA) is 84.2 Å². The van der Waals surface area contributed by atoms with Gasteiger partial charge in [0.15, 0.2) is 0 Å². The van der Waals surface area contributed by atoms with Gasteiger partial charge in [0.2, 0.25) is 5.91 Å². The summed E-state index contributed by atoms with van der Waals surface area (Å²) < 4.78 is 0. The van der Waals surface area contributed by atoms with Gasteiger partial charge in [-0.15, -0.1) is 0 Å². The molecule has 4 aliphatic rings. The molecule has 5 nitrogen and oxygen atoms in total. The molecule has 3 atom stereocenters. The summed E-state index contributed by atoms with van der Waals surface area (Å²) in [6.45, 7) is 6.18. The normalized spacial score (nSPS) is 37.5. The van der Waals surface area contributed by atoms with Crippen LogP contribution in [0.15, 0.2) is 0 Å². The molecule has 24 heavy (non-hydrogen) atoms. The van der Waals surface area contributed by atoms with E-state index in [0.717, 1.165) is 24.2 Å². The van der Waals surface area contributed by atoms with Gasteiger partial charge in [-0.25, -0.2) is 4.79 Å². The van der Waals surface area contributed by atoms with E-state index >= 15 is 0 Å². The SMILES string of the molecule is CC[C@H](C)[C@@H](NC(N)=O)C(=O)N[C@H](C)C12CC3CC(CC(C3)C1)C2. The number of nitrogens with two attached hydrogens (primary N) is 1. The molecule has 4 bridgehead atoms. The van der Waals surface area contributed by atoms with Crippen LogP contribution in [0.1, 0.15) is 65.7 Å². The second-order valence-electron chi connectivity index (χ2n) is 8.88. The van der Waals surface area contributed by atoms with Crippen LogP contribution in [0.25, 0.3) is 0 Å². The van der Waals surface area contributed by atoms with Crippen LogP contribution in [0, 0.1) is 29.1 Å². The number of amides is 3. The van der Waals surface area contributed by atoms with Gasteiger partial charge in [0.25, 0.3) is 0 Å². The van der Waals surface area contributed by atoms with Crippen molar-refractivity contribution in [2.45, 2.75) is 77.8 Å². The molecule has 0 heterocycles. The highest BCUT2D eigenvalue weighted by molar-refractivity contribution is 5.87. The van der Waals surface area contributed by atoms with E-state index in [-0.39, 0.29) is 23.3 Å². The summed E-state index contributed by atoms with van der Waals surface area (Å²) in [5.41, 5.74) is 5.55. The molecule has 3 amide bonds. The highest BCUT2D eigenvalue weighted by Gasteiger charge is 2.53. The fourth-order valence-corrected chi connectivity index (χ4v) is 6.02. The van der Waals surface area contributed by atoms with E-state index in [0.29, 0.717) is 0 Å². The Bertz CT molecular complexity index is 470. The van der Waals surface area contributed by atoms with Crippen LogP contribution < -0.4 is 16.4 Å². The van der Waals surface area contributed by atoms with Crippen LogP contribution in [-0.2, 0) is 4.79 Å². The minimum absolute atomic E-state index is 0.0704. The maximum Gasteiger partial charge on any atom is 0.312 e. The second kappa shape index (κ2) is 6.57. The van der Waals surface area contributed by atoms with Crippen molar-refractivity contribution in [2.75, 3.05) is 0 Å². The van der Waals surface area contributed by atoms with Crippen LogP contribution in [0.2, 0.25) is 0 Å². The molecule has 0 aromatic carbocycles. The number of hydrogen-bond acceptors (Lipinski definition) is 2. The van der Waals surface area contributed by atoms with E-state index in [1.165, 1.54) is 38.5 Å². The van der Waals surface area contributed by atoms with Gasteiger partial charge in [0, 0.05) is 6.04 Å². The molecule has 0 radical (unpaired) electrons. The van der Waals surface area contributed by atoms with E-state index in [4.69, 9.17) is 5.73 Å². The molecule has 4 N–H and O–H groups in total.